The molecule has 10 nitrogen and oxygen atoms in total. The molecule has 0 radical (unpaired) electrons. The van der Waals surface area contributed by atoms with Gasteiger partial charge in [0.25, 0.3) is 5.56 Å². The molecule has 0 bridgehead atoms. The Labute approximate surface area is 252 Å². The summed E-state index contributed by atoms with van der Waals surface area (Å²) in [5.41, 5.74) is 1.53. The van der Waals surface area contributed by atoms with E-state index in [1.807, 2.05) is 25.1 Å². The number of carboxylic acid groups (broad SMARTS) is 1. The van der Waals surface area contributed by atoms with Gasteiger partial charge in [0.2, 0.25) is 0 Å². The molecule has 0 spiro atoms. The van der Waals surface area contributed by atoms with Crippen molar-refractivity contribution >= 4 is 40.1 Å². The highest BCUT2D eigenvalue weighted by atomic mass is 35.5. The van der Waals surface area contributed by atoms with E-state index in [4.69, 9.17) is 21.1 Å². The van der Waals surface area contributed by atoms with Crippen LogP contribution in [-0.2, 0) is 24.2 Å². The van der Waals surface area contributed by atoms with Crippen LogP contribution in [0.5, 0.6) is 17.2 Å². The number of aliphatic carboxylic acids is 1. The number of rotatable bonds is 10. The van der Waals surface area contributed by atoms with Gasteiger partial charge in [-0.1, -0.05) is 35.9 Å². The lowest BCUT2D eigenvalue weighted by Crippen LogP contribution is -2.37. The lowest BCUT2D eigenvalue weighted by molar-refractivity contribution is -0.137. The third kappa shape index (κ3) is 6.24. The van der Waals surface area contributed by atoms with Crippen LogP contribution in [0.1, 0.15) is 48.2 Å². The fraction of sp³-hybridized carbons (Fsp3) is 0.281. The molecule has 43 heavy (non-hydrogen) atoms. The van der Waals surface area contributed by atoms with Crippen LogP contribution in [0.2, 0.25) is 5.02 Å². The monoisotopic (exact) mass is 605 g/mol. The second-order valence-electron chi connectivity index (χ2n) is 10.3. The highest BCUT2D eigenvalue weighted by Crippen LogP contribution is 2.36. The Bertz CT molecular complexity index is 1770. The summed E-state index contributed by atoms with van der Waals surface area (Å²) in [7, 11) is 1.57. The molecule has 5 rings (SSSR count). The van der Waals surface area contributed by atoms with E-state index in [2.05, 4.69) is 10.6 Å². The Kier molecular flexibility index (Phi) is 8.77. The maximum Gasteiger partial charge on any atom is 0.319 e. The number of carbonyl (C=O) groups excluding carboxylic acids is 1. The number of hydrogen-bond donors (Lipinski definition) is 4. The Balaban J connectivity index is 1.46. The second-order valence-corrected chi connectivity index (χ2v) is 10.7. The number of nitrogens with one attached hydrogen (secondary N) is 2. The number of carboxylic acids is 1. The summed E-state index contributed by atoms with van der Waals surface area (Å²) < 4.78 is 12.5. The van der Waals surface area contributed by atoms with Crippen LogP contribution in [0.25, 0.3) is 10.8 Å². The molecule has 1 aromatic heterocycles. The van der Waals surface area contributed by atoms with Crippen molar-refractivity contribution < 1.29 is 29.3 Å². The van der Waals surface area contributed by atoms with E-state index in [1.54, 1.807) is 43.5 Å². The fourth-order valence-corrected chi connectivity index (χ4v) is 5.76. The molecule has 1 atom stereocenters. The topological polar surface area (TPSA) is 139 Å². The molecule has 11 heteroatoms. The van der Waals surface area contributed by atoms with Crippen LogP contribution in [0.15, 0.2) is 59.4 Å². The Morgan fingerprint density at radius 2 is 1.86 bits per heavy atom. The minimum Gasteiger partial charge on any atom is -0.505 e. The summed E-state index contributed by atoms with van der Waals surface area (Å²) >= 11 is 6.50. The molecule has 0 unspecified atom stereocenters. The van der Waals surface area contributed by atoms with Crippen LogP contribution in [0.4, 0.5) is 10.5 Å². The third-order valence-corrected chi connectivity index (χ3v) is 7.94. The van der Waals surface area contributed by atoms with Gasteiger partial charge in [-0.05, 0) is 72.9 Å². The number of halogens is 1. The average molecular weight is 606 g/mol. The van der Waals surface area contributed by atoms with Crippen LogP contribution in [0, 0.1) is 0 Å². The van der Waals surface area contributed by atoms with Gasteiger partial charge in [-0.25, -0.2) is 4.79 Å². The van der Waals surface area contributed by atoms with Crippen molar-refractivity contribution in [2.24, 2.45) is 0 Å². The van der Waals surface area contributed by atoms with Gasteiger partial charge in [0.1, 0.15) is 17.2 Å². The summed E-state index contributed by atoms with van der Waals surface area (Å²) in [5, 5.41) is 28.0. The predicted molar refractivity (Wildman–Crippen MR) is 164 cm³/mol. The van der Waals surface area contributed by atoms with Gasteiger partial charge in [-0.3, -0.25) is 9.59 Å². The number of fused-ring (bicyclic) bond motifs is 2. The number of aromatic hydroxyl groups is 1. The first-order chi connectivity index (χ1) is 20.7. The molecular formula is C32H32ClN3O7. The Hall–Kier alpha value is -4.70. The van der Waals surface area contributed by atoms with Crippen LogP contribution < -0.4 is 25.7 Å². The molecule has 0 aliphatic heterocycles. The number of pyridine rings is 1. The Morgan fingerprint density at radius 1 is 1.09 bits per heavy atom. The number of aromatic nitrogens is 1. The van der Waals surface area contributed by atoms with Crippen LogP contribution in [0.3, 0.4) is 0 Å². The lowest BCUT2D eigenvalue weighted by Gasteiger charge is -2.21. The summed E-state index contributed by atoms with van der Waals surface area (Å²) in [4.78, 5) is 38.8. The first-order valence-corrected chi connectivity index (χ1v) is 14.3. The molecular weight excluding hydrogens is 574 g/mol. The van der Waals surface area contributed by atoms with Crippen LogP contribution >= 0.6 is 11.6 Å². The lowest BCUT2D eigenvalue weighted by atomic mass is 9.99. The number of amides is 2. The number of hydrogen-bond acceptors (Lipinski definition) is 6. The summed E-state index contributed by atoms with van der Waals surface area (Å²) in [6.07, 6.45) is 1.44. The van der Waals surface area contributed by atoms with Gasteiger partial charge in [-0.2, -0.15) is 0 Å². The standard InChI is InChI=1S/C32H32ClN3O7/c1-3-43-27-9-5-7-24(33)23(27)17-36-26-8-4-6-22(26)30(39)29(31(36)40)35-32(41)34-25(16-28(37)38)20-11-10-19-15-21(42-2)13-12-18(19)14-20/h5,7,9-15,25,39H,3-4,6,8,16-17H2,1-2H3,(H,37,38)(H2,34,35,41)/t25-/m0/s1. The van der Waals surface area contributed by atoms with Gasteiger partial charge in [0.15, 0.2) is 5.69 Å². The van der Waals surface area contributed by atoms with E-state index < -0.39 is 30.0 Å². The van der Waals surface area contributed by atoms with Crippen molar-refractivity contribution in [2.45, 2.75) is 45.2 Å². The van der Waals surface area contributed by atoms with Crippen molar-refractivity contribution in [3.8, 4) is 17.2 Å². The van der Waals surface area contributed by atoms with Gasteiger partial charge < -0.3 is 34.9 Å². The minimum atomic E-state index is -1.12. The second kappa shape index (κ2) is 12.7. The maximum atomic E-state index is 13.8. The number of anilines is 1. The zero-order valence-corrected chi connectivity index (χ0v) is 24.5. The quantitative estimate of drug-likeness (QED) is 0.183. The first kappa shape index (κ1) is 29.8. The smallest absolute Gasteiger partial charge is 0.319 e. The zero-order chi connectivity index (χ0) is 30.7. The molecule has 0 fully saturated rings. The van der Waals surface area contributed by atoms with Gasteiger partial charge in [0.05, 0.1) is 32.7 Å². The number of ether oxygens (including phenoxy) is 2. The number of nitrogens with zero attached hydrogens (tertiary/aromatic N) is 1. The third-order valence-electron chi connectivity index (χ3n) is 7.58. The number of urea groups is 1. The van der Waals surface area contributed by atoms with Crippen molar-refractivity contribution in [1.82, 2.24) is 9.88 Å². The van der Waals surface area contributed by atoms with E-state index >= 15 is 0 Å². The minimum absolute atomic E-state index is 0.0796. The summed E-state index contributed by atoms with van der Waals surface area (Å²) in [6.45, 7) is 2.34. The zero-order valence-electron chi connectivity index (χ0n) is 23.8. The molecule has 0 saturated carbocycles. The fourth-order valence-electron chi connectivity index (χ4n) is 5.53. The predicted octanol–water partition coefficient (Wildman–Crippen LogP) is 5.64. The van der Waals surface area contributed by atoms with E-state index in [1.165, 1.54) is 4.57 Å². The van der Waals surface area contributed by atoms with Crippen LogP contribution in [-0.4, -0.2) is 40.5 Å². The van der Waals surface area contributed by atoms with Crippen molar-refractivity contribution in [3.05, 3.63) is 92.4 Å². The molecule has 1 aliphatic rings. The normalized spacial score (nSPS) is 12.9. The van der Waals surface area contributed by atoms with E-state index in [-0.39, 0.29) is 18.0 Å². The largest absolute Gasteiger partial charge is 0.505 e. The highest BCUT2D eigenvalue weighted by molar-refractivity contribution is 6.31. The molecule has 1 aliphatic carbocycles. The molecule has 0 saturated heterocycles. The van der Waals surface area contributed by atoms with Gasteiger partial charge in [0, 0.05) is 21.8 Å². The molecule has 224 valence electrons. The van der Waals surface area contributed by atoms with E-state index in [0.29, 0.717) is 58.4 Å². The summed E-state index contributed by atoms with van der Waals surface area (Å²) in [6, 6.07) is 14.3. The molecule has 1 heterocycles. The first-order valence-electron chi connectivity index (χ1n) is 13.9. The Morgan fingerprint density at radius 3 is 2.60 bits per heavy atom. The van der Waals surface area contributed by atoms with Gasteiger partial charge >= 0.3 is 12.0 Å². The average Bonchev–Trinajstić information content (AvgIpc) is 3.48. The maximum absolute atomic E-state index is 13.8. The highest BCUT2D eigenvalue weighted by Gasteiger charge is 2.28. The molecule has 4 aromatic rings. The summed E-state index contributed by atoms with van der Waals surface area (Å²) in [5.74, 6) is -0.183. The van der Waals surface area contributed by atoms with Crippen molar-refractivity contribution in [2.75, 3.05) is 19.0 Å². The molecule has 2 amide bonds. The molecule has 4 N–H and O–H groups in total. The van der Waals surface area contributed by atoms with E-state index in [9.17, 15) is 24.6 Å². The van der Waals surface area contributed by atoms with Gasteiger partial charge in [-0.15, -0.1) is 0 Å². The van der Waals surface area contributed by atoms with Crippen molar-refractivity contribution in [1.29, 1.82) is 0 Å². The van der Waals surface area contributed by atoms with E-state index in [0.717, 1.165) is 17.2 Å². The molecule has 3 aromatic carbocycles. The van der Waals surface area contributed by atoms with Crippen molar-refractivity contribution in [3.63, 3.8) is 0 Å². The number of carbonyl (C=O) groups is 2. The SMILES string of the molecule is CCOc1cccc(Cl)c1Cn1c2c(c(O)c(NC(=O)N[C@@H](CC(=O)O)c3ccc4cc(OC)ccc4c3)c1=O)CCC2. The number of methoxy groups -OCH3 is 1. The number of benzene rings is 3.